The Morgan fingerprint density at radius 3 is 2.59 bits per heavy atom. The number of hydrogen-bond donors (Lipinski definition) is 1. The van der Waals surface area contributed by atoms with Crippen LogP contribution in [0.3, 0.4) is 0 Å². The molecular formula is C17H25NO4. The Labute approximate surface area is 132 Å². The third kappa shape index (κ3) is 5.77. The van der Waals surface area contributed by atoms with E-state index in [4.69, 9.17) is 14.2 Å². The number of allylic oxidation sites excluding steroid dienone is 1. The van der Waals surface area contributed by atoms with Crippen molar-refractivity contribution in [2.75, 3.05) is 32.8 Å². The maximum atomic E-state index is 12.1. The van der Waals surface area contributed by atoms with Crippen molar-refractivity contribution in [3.8, 4) is 11.5 Å². The highest BCUT2D eigenvalue weighted by Crippen LogP contribution is 2.30. The number of amides is 1. The standard InChI is InChI=1S/C17H25NO4/c1-12(2)10-13(3)17(19)18-14-6-7-15(21-5)16(11-14)22-9-8-20-4/h6-7,11,13H,1,8-10H2,2-5H3,(H,18,19)/t13-/m0/s1. The van der Waals surface area contributed by atoms with Gasteiger partial charge < -0.3 is 19.5 Å². The highest BCUT2D eigenvalue weighted by Gasteiger charge is 2.14. The third-order valence-electron chi connectivity index (χ3n) is 3.08. The van der Waals surface area contributed by atoms with Gasteiger partial charge in [-0.3, -0.25) is 4.79 Å². The van der Waals surface area contributed by atoms with Gasteiger partial charge in [0.2, 0.25) is 5.91 Å². The largest absolute Gasteiger partial charge is 0.493 e. The lowest BCUT2D eigenvalue weighted by Gasteiger charge is -2.15. The predicted octanol–water partition coefficient (Wildman–Crippen LogP) is 3.26. The molecule has 5 nitrogen and oxygen atoms in total. The Balaban J connectivity index is 2.76. The maximum absolute atomic E-state index is 12.1. The zero-order valence-corrected chi connectivity index (χ0v) is 13.8. The molecule has 0 unspecified atom stereocenters. The van der Waals surface area contributed by atoms with E-state index in [1.165, 1.54) is 0 Å². The Hall–Kier alpha value is -2.01. The summed E-state index contributed by atoms with van der Waals surface area (Å²) in [6, 6.07) is 5.30. The van der Waals surface area contributed by atoms with Crippen LogP contribution in [0.4, 0.5) is 5.69 Å². The number of anilines is 1. The Morgan fingerprint density at radius 2 is 2.00 bits per heavy atom. The molecule has 1 rings (SSSR count). The van der Waals surface area contributed by atoms with Crippen molar-refractivity contribution in [3.63, 3.8) is 0 Å². The van der Waals surface area contributed by atoms with Gasteiger partial charge in [0.05, 0.1) is 13.7 Å². The molecule has 22 heavy (non-hydrogen) atoms. The molecule has 0 aliphatic heterocycles. The van der Waals surface area contributed by atoms with Gasteiger partial charge in [-0.15, -0.1) is 6.58 Å². The van der Waals surface area contributed by atoms with E-state index >= 15 is 0 Å². The van der Waals surface area contributed by atoms with Gasteiger partial charge in [0.1, 0.15) is 6.61 Å². The Bertz CT molecular complexity index is 513. The van der Waals surface area contributed by atoms with Crippen LogP contribution in [0.15, 0.2) is 30.4 Å². The van der Waals surface area contributed by atoms with Crippen LogP contribution in [-0.2, 0) is 9.53 Å². The van der Waals surface area contributed by atoms with Crippen LogP contribution < -0.4 is 14.8 Å². The average molecular weight is 307 g/mol. The molecule has 0 spiro atoms. The fourth-order valence-corrected chi connectivity index (χ4v) is 1.98. The summed E-state index contributed by atoms with van der Waals surface area (Å²) in [4.78, 5) is 12.1. The second kappa shape index (κ2) is 9.10. The molecule has 0 heterocycles. The molecule has 0 aliphatic carbocycles. The number of rotatable bonds is 9. The lowest BCUT2D eigenvalue weighted by Crippen LogP contribution is -2.20. The lowest BCUT2D eigenvalue weighted by molar-refractivity contribution is -0.119. The summed E-state index contributed by atoms with van der Waals surface area (Å²) in [7, 11) is 3.19. The van der Waals surface area contributed by atoms with E-state index < -0.39 is 0 Å². The first-order valence-electron chi connectivity index (χ1n) is 7.23. The van der Waals surface area contributed by atoms with E-state index in [0.717, 1.165) is 5.57 Å². The van der Waals surface area contributed by atoms with Crippen molar-refractivity contribution >= 4 is 11.6 Å². The van der Waals surface area contributed by atoms with Crippen molar-refractivity contribution in [1.29, 1.82) is 0 Å². The number of benzene rings is 1. The van der Waals surface area contributed by atoms with Gasteiger partial charge in [-0.05, 0) is 25.5 Å². The zero-order chi connectivity index (χ0) is 16.5. The first-order valence-corrected chi connectivity index (χ1v) is 7.23. The fraction of sp³-hybridized carbons (Fsp3) is 0.471. The summed E-state index contributed by atoms with van der Waals surface area (Å²) in [6.07, 6.45) is 0.666. The van der Waals surface area contributed by atoms with Gasteiger partial charge >= 0.3 is 0 Å². The third-order valence-corrected chi connectivity index (χ3v) is 3.08. The van der Waals surface area contributed by atoms with Crippen molar-refractivity contribution < 1.29 is 19.0 Å². The van der Waals surface area contributed by atoms with Crippen molar-refractivity contribution in [2.45, 2.75) is 20.3 Å². The molecule has 1 aromatic rings. The molecule has 0 saturated carbocycles. The lowest BCUT2D eigenvalue weighted by atomic mass is 10.0. The molecule has 5 heteroatoms. The fourth-order valence-electron chi connectivity index (χ4n) is 1.98. The molecule has 0 fully saturated rings. The van der Waals surface area contributed by atoms with Crippen LogP contribution in [0, 0.1) is 5.92 Å². The topological polar surface area (TPSA) is 56.8 Å². The quantitative estimate of drug-likeness (QED) is 0.562. The second-order valence-electron chi connectivity index (χ2n) is 5.26. The molecule has 1 aromatic carbocycles. The molecule has 122 valence electrons. The van der Waals surface area contributed by atoms with E-state index in [1.54, 1.807) is 32.4 Å². The van der Waals surface area contributed by atoms with E-state index in [-0.39, 0.29) is 11.8 Å². The number of hydrogen-bond acceptors (Lipinski definition) is 4. The normalized spacial score (nSPS) is 11.6. The monoisotopic (exact) mass is 307 g/mol. The average Bonchev–Trinajstić information content (AvgIpc) is 2.47. The summed E-state index contributed by atoms with van der Waals surface area (Å²) in [5, 5.41) is 2.88. The molecule has 1 N–H and O–H groups in total. The summed E-state index contributed by atoms with van der Waals surface area (Å²) in [5.41, 5.74) is 1.66. The van der Waals surface area contributed by atoms with Crippen LogP contribution in [0.2, 0.25) is 0 Å². The molecule has 1 atom stereocenters. The molecule has 0 aliphatic rings. The second-order valence-corrected chi connectivity index (χ2v) is 5.26. The number of methoxy groups -OCH3 is 2. The minimum absolute atomic E-state index is 0.0454. The van der Waals surface area contributed by atoms with E-state index in [1.807, 2.05) is 13.8 Å². The van der Waals surface area contributed by atoms with Crippen molar-refractivity contribution in [2.24, 2.45) is 5.92 Å². The maximum Gasteiger partial charge on any atom is 0.227 e. The van der Waals surface area contributed by atoms with E-state index in [2.05, 4.69) is 11.9 Å². The molecule has 0 bridgehead atoms. The smallest absolute Gasteiger partial charge is 0.227 e. The number of carbonyl (C=O) groups excluding carboxylic acids is 1. The summed E-state index contributed by atoms with van der Waals surface area (Å²) < 4.78 is 15.8. The van der Waals surface area contributed by atoms with Crippen LogP contribution in [0.1, 0.15) is 20.3 Å². The van der Waals surface area contributed by atoms with E-state index in [0.29, 0.717) is 36.8 Å². The molecule has 0 saturated heterocycles. The van der Waals surface area contributed by atoms with Gasteiger partial charge in [0.25, 0.3) is 0 Å². The SMILES string of the molecule is C=C(C)C[C@H](C)C(=O)Nc1ccc(OC)c(OCCOC)c1. The van der Waals surface area contributed by atoms with Gasteiger partial charge in [-0.2, -0.15) is 0 Å². The first kappa shape index (κ1) is 18.0. The first-order chi connectivity index (χ1) is 10.5. The van der Waals surface area contributed by atoms with Gasteiger partial charge in [0, 0.05) is 24.8 Å². The summed E-state index contributed by atoms with van der Waals surface area (Å²) in [5.74, 6) is 1.02. The van der Waals surface area contributed by atoms with Crippen molar-refractivity contribution in [3.05, 3.63) is 30.4 Å². The highest BCUT2D eigenvalue weighted by molar-refractivity contribution is 5.92. The van der Waals surface area contributed by atoms with Gasteiger partial charge in [-0.25, -0.2) is 0 Å². The Kier molecular flexibility index (Phi) is 7.46. The molecule has 0 aromatic heterocycles. The minimum atomic E-state index is -0.127. The highest BCUT2D eigenvalue weighted by atomic mass is 16.5. The Morgan fingerprint density at radius 1 is 1.27 bits per heavy atom. The van der Waals surface area contributed by atoms with Crippen LogP contribution in [0.5, 0.6) is 11.5 Å². The minimum Gasteiger partial charge on any atom is -0.493 e. The van der Waals surface area contributed by atoms with Gasteiger partial charge in [-0.1, -0.05) is 12.5 Å². The van der Waals surface area contributed by atoms with Crippen LogP contribution >= 0.6 is 0 Å². The van der Waals surface area contributed by atoms with Crippen LogP contribution in [-0.4, -0.2) is 33.3 Å². The summed E-state index contributed by atoms with van der Waals surface area (Å²) >= 11 is 0. The molecule has 1 amide bonds. The number of nitrogens with one attached hydrogen (secondary N) is 1. The van der Waals surface area contributed by atoms with Crippen LogP contribution in [0.25, 0.3) is 0 Å². The molecule has 0 radical (unpaired) electrons. The van der Waals surface area contributed by atoms with Gasteiger partial charge in [0.15, 0.2) is 11.5 Å². The zero-order valence-electron chi connectivity index (χ0n) is 13.8. The summed E-state index contributed by atoms with van der Waals surface area (Å²) in [6.45, 7) is 8.52. The van der Waals surface area contributed by atoms with Crippen molar-refractivity contribution in [1.82, 2.24) is 0 Å². The number of carbonyl (C=O) groups is 1. The van der Waals surface area contributed by atoms with E-state index in [9.17, 15) is 4.79 Å². The number of ether oxygens (including phenoxy) is 3. The predicted molar refractivity (Wildman–Crippen MR) is 87.6 cm³/mol. The molecular weight excluding hydrogens is 282 g/mol.